The van der Waals surface area contributed by atoms with Gasteiger partial charge in [0.15, 0.2) is 5.96 Å². The lowest BCUT2D eigenvalue weighted by molar-refractivity contribution is -0.137. The maximum atomic E-state index is 12.4. The van der Waals surface area contributed by atoms with Crippen molar-refractivity contribution in [1.82, 2.24) is 15.6 Å². The van der Waals surface area contributed by atoms with Crippen molar-refractivity contribution in [3.63, 3.8) is 0 Å². The summed E-state index contributed by atoms with van der Waals surface area (Å²) in [5.41, 5.74) is -0.798. The SMILES string of the molecule is CN=C(NCCOc1ccc(C(F)(F)F)cn1)NCCc1cccs1.I. The van der Waals surface area contributed by atoms with Gasteiger partial charge in [-0.3, -0.25) is 4.99 Å². The van der Waals surface area contributed by atoms with E-state index in [9.17, 15) is 13.2 Å². The molecule has 144 valence electrons. The normalized spacial score (nSPS) is 11.6. The second kappa shape index (κ2) is 11.2. The molecule has 0 aromatic carbocycles. The van der Waals surface area contributed by atoms with Crippen LogP contribution in [0.5, 0.6) is 5.88 Å². The molecule has 26 heavy (non-hydrogen) atoms. The zero-order chi connectivity index (χ0) is 18.1. The average molecular weight is 500 g/mol. The van der Waals surface area contributed by atoms with Crippen LogP contribution in [-0.4, -0.2) is 37.7 Å². The number of hydrogen-bond acceptors (Lipinski definition) is 4. The molecule has 0 aliphatic rings. The summed E-state index contributed by atoms with van der Waals surface area (Å²) in [5, 5.41) is 8.28. The number of aromatic nitrogens is 1. The number of thiophene rings is 1. The third-order valence-corrected chi connectivity index (χ3v) is 4.11. The van der Waals surface area contributed by atoms with Gasteiger partial charge in [0, 0.05) is 30.7 Å². The van der Waals surface area contributed by atoms with Gasteiger partial charge in [-0.1, -0.05) is 6.07 Å². The summed E-state index contributed by atoms with van der Waals surface area (Å²) in [6, 6.07) is 6.24. The second-order valence-electron chi connectivity index (χ2n) is 4.99. The van der Waals surface area contributed by atoms with Crippen LogP contribution in [0.3, 0.4) is 0 Å². The Balaban J connectivity index is 0.00000338. The molecule has 10 heteroatoms. The van der Waals surface area contributed by atoms with Crippen molar-refractivity contribution < 1.29 is 17.9 Å². The Morgan fingerprint density at radius 3 is 2.58 bits per heavy atom. The van der Waals surface area contributed by atoms with Gasteiger partial charge in [-0.2, -0.15) is 13.2 Å². The minimum absolute atomic E-state index is 0. The predicted octanol–water partition coefficient (Wildman–Crippen LogP) is 3.57. The van der Waals surface area contributed by atoms with Crippen molar-refractivity contribution >= 4 is 41.3 Å². The fourth-order valence-corrected chi connectivity index (χ4v) is 2.65. The van der Waals surface area contributed by atoms with Crippen LogP contribution in [0.15, 0.2) is 40.8 Å². The Labute approximate surface area is 171 Å². The van der Waals surface area contributed by atoms with Crippen LogP contribution < -0.4 is 15.4 Å². The highest BCUT2D eigenvalue weighted by Crippen LogP contribution is 2.29. The molecule has 0 aliphatic heterocycles. The van der Waals surface area contributed by atoms with Crippen molar-refractivity contribution in [2.24, 2.45) is 4.99 Å². The fraction of sp³-hybridized carbons (Fsp3) is 0.375. The monoisotopic (exact) mass is 500 g/mol. The first-order valence-electron chi connectivity index (χ1n) is 7.62. The number of guanidine groups is 1. The van der Waals surface area contributed by atoms with E-state index in [4.69, 9.17) is 4.74 Å². The van der Waals surface area contributed by atoms with Gasteiger partial charge in [-0.05, 0) is 23.9 Å². The number of nitrogens with one attached hydrogen (secondary N) is 2. The van der Waals surface area contributed by atoms with Gasteiger partial charge in [0.25, 0.3) is 0 Å². The molecular weight excluding hydrogens is 480 g/mol. The standard InChI is InChI=1S/C16H19F3N4OS.HI/c1-20-15(21-7-6-13-3-2-10-25-13)22-8-9-24-14-5-4-12(11-23-14)16(17,18)19;/h2-5,10-11H,6-9H2,1H3,(H2,20,21,22);1H. The highest BCUT2D eigenvalue weighted by Gasteiger charge is 2.30. The van der Waals surface area contributed by atoms with Crippen molar-refractivity contribution in [1.29, 1.82) is 0 Å². The first-order valence-corrected chi connectivity index (χ1v) is 8.50. The number of pyridine rings is 1. The van der Waals surface area contributed by atoms with Crippen molar-refractivity contribution in [3.8, 4) is 5.88 Å². The molecule has 0 amide bonds. The summed E-state index contributed by atoms with van der Waals surface area (Å²) in [4.78, 5) is 9.03. The van der Waals surface area contributed by atoms with Gasteiger partial charge in [0.2, 0.25) is 5.88 Å². The van der Waals surface area contributed by atoms with E-state index in [1.165, 1.54) is 10.9 Å². The van der Waals surface area contributed by atoms with E-state index in [-0.39, 0.29) is 36.5 Å². The van der Waals surface area contributed by atoms with Crippen LogP contribution in [0.2, 0.25) is 0 Å². The van der Waals surface area contributed by atoms with E-state index in [2.05, 4.69) is 26.7 Å². The third kappa shape index (κ3) is 7.77. The molecule has 0 fully saturated rings. The van der Waals surface area contributed by atoms with E-state index in [1.807, 2.05) is 11.4 Å². The summed E-state index contributed by atoms with van der Waals surface area (Å²) in [7, 11) is 1.67. The zero-order valence-electron chi connectivity index (χ0n) is 14.0. The number of ether oxygens (including phenoxy) is 1. The van der Waals surface area contributed by atoms with E-state index in [0.717, 1.165) is 25.2 Å². The highest BCUT2D eigenvalue weighted by atomic mass is 127. The van der Waals surface area contributed by atoms with Crippen LogP contribution in [0.25, 0.3) is 0 Å². The molecule has 0 bridgehead atoms. The Morgan fingerprint density at radius 2 is 2.00 bits per heavy atom. The molecule has 2 aromatic heterocycles. The van der Waals surface area contributed by atoms with Gasteiger partial charge >= 0.3 is 6.18 Å². The predicted molar refractivity (Wildman–Crippen MR) is 108 cm³/mol. The summed E-state index contributed by atoms with van der Waals surface area (Å²) in [5.74, 6) is 0.788. The number of rotatable bonds is 7. The molecule has 0 aliphatic carbocycles. The molecule has 0 spiro atoms. The van der Waals surface area contributed by atoms with Gasteiger partial charge in [-0.15, -0.1) is 35.3 Å². The van der Waals surface area contributed by atoms with Gasteiger partial charge in [-0.25, -0.2) is 4.98 Å². The number of nitrogens with zero attached hydrogens (tertiary/aromatic N) is 2. The lowest BCUT2D eigenvalue weighted by Crippen LogP contribution is -2.40. The summed E-state index contributed by atoms with van der Waals surface area (Å²) in [6.07, 6.45) is -2.73. The molecule has 0 saturated carbocycles. The second-order valence-corrected chi connectivity index (χ2v) is 6.02. The maximum absolute atomic E-state index is 12.4. The van der Waals surface area contributed by atoms with Crippen LogP contribution >= 0.6 is 35.3 Å². The third-order valence-electron chi connectivity index (χ3n) is 3.18. The van der Waals surface area contributed by atoms with Crippen LogP contribution in [-0.2, 0) is 12.6 Å². The van der Waals surface area contributed by atoms with E-state index < -0.39 is 11.7 Å². The molecule has 2 rings (SSSR count). The van der Waals surface area contributed by atoms with Crippen LogP contribution in [0, 0.1) is 0 Å². The summed E-state index contributed by atoms with van der Waals surface area (Å²) >= 11 is 1.71. The van der Waals surface area contributed by atoms with Crippen molar-refractivity contribution in [2.75, 3.05) is 26.7 Å². The maximum Gasteiger partial charge on any atom is 0.417 e. The smallest absolute Gasteiger partial charge is 0.417 e. The van der Waals surface area contributed by atoms with Crippen LogP contribution in [0.1, 0.15) is 10.4 Å². The first-order chi connectivity index (χ1) is 12.0. The first kappa shape index (κ1) is 22.5. The Kier molecular flexibility index (Phi) is 9.70. The Bertz CT molecular complexity index is 663. The lowest BCUT2D eigenvalue weighted by atomic mass is 10.3. The van der Waals surface area contributed by atoms with Gasteiger partial charge < -0.3 is 15.4 Å². The molecule has 0 radical (unpaired) electrons. The van der Waals surface area contributed by atoms with E-state index in [0.29, 0.717) is 12.5 Å². The minimum Gasteiger partial charge on any atom is -0.476 e. The summed E-state index contributed by atoms with van der Waals surface area (Å²) < 4.78 is 42.6. The minimum atomic E-state index is -4.39. The molecule has 2 aromatic rings. The topological polar surface area (TPSA) is 58.5 Å². The molecule has 2 heterocycles. The largest absolute Gasteiger partial charge is 0.476 e. The number of alkyl halides is 3. The van der Waals surface area contributed by atoms with Gasteiger partial charge in [0.1, 0.15) is 6.61 Å². The molecule has 0 atom stereocenters. The van der Waals surface area contributed by atoms with Crippen molar-refractivity contribution in [3.05, 3.63) is 46.3 Å². The molecule has 2 N–H and O–H groups in total. The summed E-state index contributed by atoms with van der Waals surface area (Å²) in [6.45, 7) is 1.45. The Morgan fingerprint density at radius 1 is 1.23 bits per heavy atom. The molecule has 0 unspecified atom stereocenters. The molecular formula is C16H20F3IN4OS. The fourth-order valence-electron chi connectivity index (χ4n) is 1.94. The quantitative estimate of drug-likeness (QED) is 0.264. The molecule has 0 saturated heterocycles. The number of aliphatic imine (C=N–C) groups is 1. The molecule has 5 nitrogen and oxygen atoms in total. The van der Waals surface area contributed by atoms with E-state index in [1.54, 1.807) is 18.4 Å². The van der Waals surface area contributed by atoms with Crippen molar-refractivity contribution in [2.45, 2.75) is 12.6 Å². The zero-order valence-corrected chi connectivity index (χ0v) is 17.2. The van der Waals surface area contributed by atoms with Gasteiger partial charge in [0.05, 0.1) is 12.1 Å². The lowest BCUT2D eigenvalue weighted by Gasteiger charge is -2.12. The number of halogens is 4. The van der Waals surface area contributed by atoms with E-state index >= 15 is 0 Å². The average Bonchev–Trinajstić information content (AvgIpc) is 3.10. The Hall–Kier alpha value is -1.56. The number of hydrogen-bond donors (Lipinski definition) is 2. The highest BCUT2D eigenvalue weighted by molar-refractivity contribution is 14.0. The van der Waals surface area contributed by atoms with Crippen LogP contribution in [0.4, 0.5) is 13.2 Å².